The van der Waals surface area contributed by atoms with E-state index in [2.05, 4.69) is 10.3 Å². The van der Waals surface area contributed by atoms with Crippen LogP contribution < -0.4 is 5.32 Å². The van der Waals surface area contributed by atoms with E-state index in [0.717, 1.165) is 5.56 Å². The van der Waals surface area contributed by atoms with E-state index in [4.69, 9.17) is 0 Å². The molecule has 3 rings (SSSR count). The van der Waals surface area contributed by atoms with Crippen molar-refractivity contribution in [1.29, 1.82) is 0 Å². The van der Waals surface area contributed by atoms with Crippen molar-refractivity contribution in [3.63, 3.8) is 0 Å². The SMILES string of the molecule is CN[C@@H]1c2ccccc2S(=O)(=O)c2ncccc21. The van der Waals surface area contributed by atoms with Gasteiger partial charge in [0.1, 0.15) is 0 Å². The Bertz CT molecular complexity index is 657. The van der Waals surface area contributed by atoms with Gasteiger partial charge in [-0.1, -0.05) is 24.3 Å². The van der Waals surface area contributed by atoms with Crippen molar-refractivity contribution in [3.05, 3.63) is 53.7 Å². The van der Waals surface area contributed by atoms with Crippen LogP contribution in [0, 0.1) is 0 Å². The summed E-state index contributed by atoms with van der Waals surface area (Å²) in [5, 5.41) is 3.31. The molecule has 0 amide bonds. The molecule has 0 unspecified atom stereocenters. The van der Waals surface area contributed by atoms with Gasteiger partial charge in [-0.15, -0.1) is 0 Å². The summed E-state index contributed by atoms with van der Waals surface area (Å²) in [6.45, 7) is 0. The lowest BCUT2D eigenvalue weighted by molar-refractivity contribution is 0.569. The first-order valence-electron chi connectivity index (χ1n) is 5.62. The van der Waals surface area contributed by atoms with Crippen LogP contribution >= 0.6 is 0 Å². The summed E-state index contributed by atoms with van der Waals surface area (Å²) in [5.41, 5.74) is 1.49. The Morgan fingerprint density at radius 1 is 1.11 bits per heavy atom. The lowest BCUT2D eigenvalue weighted by Gasteiger charge is -2.26. The fraction of sp³-hybridized carbons (Fsp3) is 0.154. The zero-order valence-electron chi connectivity index (χ0n) is 9.79. The van der Waals surface area contributed by atoms with Gasteiger partial charge in [0.2, 0.25) is 9.84 Å². The van der Waals surface area contributed by atoms with Crippen molar-refractivity contribution in [1.82, 2.24) is 10.3 Å². The quantitative estimate of drug-likeness (QED) is 0.845. The highest BCUT2D eigenvalue weighted by Gasteiger charge is 2.35. The third-order valence-electron chi connectivity index (χ3n) is 3.17. The topological polar surface area (TPSA) is 59.1 Å². The molecule has 0 spiro atoms. The number of benzene rings is 1. The first kappa shape index (κ1) is 11.4. The molecule has 5 heteroatoms. The smallest absolute Gasteiger partial charge is 0.224 e. The summed E-state index contributed by atoms with van der Waals surface area (Å²) >= 11 is 0. The molecule has 1 N–H and O–H groups in total. The summed E-state index contributed by atoms with van der Waals surface area (Å²) in [6, 6.07) is 10.5. The second kappa shape index (κ2) is 3.90. The van der Waals surface area contributed by atoms with Crippen molar-refractivity contribution in [2.75, 3.05) is 7.05 Å². The van der Waals surface area contributed by atoms with Crippen molar-refractivity contribution in [2.24, 2.45) is 0 Å². The maximum Gasteiger partial charge on any atom is 0.224 e. The molecule has 0 saturated carbocycles. The fourth-order valence-electron chi connectivity index (χ4n) is 2.39. The molecule has 18 heavy (non-hydrogen) atoms. The van der Waals surface area contributed by atoms with Gasteiger partial charge in [-0.3, -0.25) is 0 Å². The van der Waals surface area contributed by atoms with E-state index in [1.54, 1.807) is 24.3 Å². The molecule has 2 aromatic rings. The van der Waals surface area contributed by atoms with Crippen LogP contribution in [0.15, 0.2) is 52.5 Å². The van der Waals surface area contributed by atoms with Crippen LogP contribution in [0.1, 0.15) is 17.2 Å². The number of aromatic nitrogens is 1. The minimum Gasteiger partial charge on any atom is -0.309 e. The average Bonchev–Trinajstić information content (AvgIpc) is 2.40. The number of nitrogens with one attached hydrogen (secondary N) is 1. The Labute approximate surface area is 106 Å². The zero-order valence-corrected chi connectivity index (χ0v) is 10.6. The molecular weight excluding hydrogens is 248 g/mol. The number of sulfone groups is 1. The first-order chi connectivity index (χ1) is 8.66. The number of fused-ring (bicyclic) bond motifs is 2. The third kappa shape index (κ3) is 1.41. The molecular formula is C13H12N2O2S. The van der Waals surface area contributed by atoms with Crippen LogP contribution in [-0.4, -0.2) is 20.4 Å². The number of rotatable bonds is 1. The highest BCUT2D eigenvalue weighted by atomic mass is 32.2. The van der Waals surface area contributed by atoms with Crippen molar-refractivity contribution >= 4 is 9.84 Å². The second-order valence-corrected chi connectivity index (χ2v) is 5.99. The van der Waals surface area contributed by atoms with Gasteiger partial charge in [0.05, 0.1) is 10.9 Å². The Kier molecular flexibility index (Phi) is 2.46. The normalized spacial score (nSPS) is 19.9. The summed E-state index contributed by atoms with van der Waals surface area (Å²) in [4.78, 5) is 4.38. The van der Waals surface area contributed by atoms with E-state index in [1.807, 2.05) is 19.2 Å². The Hall–Kier alpha value is -1.72. The van der Waals surface area contributed by atoms with E-state index < -0.39 is 9.84 Å². The maximum atomic E-state index is 12.5. The van der Waals surface area contributed by atoms with Gasteiger partial charge in [-0.05, 0) is 24.7 Å². The molecule has 1 aliphatic heterocycles. The molecule has 0 radical (unpaired) electrons. The van der Waals surface area contributed by atoms with Crippen molar-refractivity contribution in [3.8, 4) is 0 Å². The average molecular weight is 260 g/mol. The highest BCUT2D eigenvalue weighted by molar-refractivity contribution is 7.91. The predicted molar refractivity (Wildman–Crippen MR) is 67.0 cm³/mol. The molecule has 0 bridgehead atoms. The maximum absolute atomic E-state index is 12.5. The van der Waals surface area contributed by atoms with Gasteiger partial charge in [0.25, 0.3) is 0 Å². The molecule has 92 valence electrons. The molecule has 1 aromatic heterocycles. The Morgan fingerprint density at radius 2 is 1.83 bits per heavy atom. The van der Waals surface area contributed by atoms with E-state index >= 15 is 0 Å². The molecule has 0 aliphatic carbocycles. The van der Waals surface area contributed by atoms with Gasteiger partial charge in [0, 0.05) is 11.8 Å². The molecule has 2 heterocycles. The lowest BCUT2D eigenvalue weighted by atomic mass is 10.00. The minimum absolute atomic E-state index is 0.131. The monoisotopic (exact) mass is 260 g/mol. The Morgan fingerprint density at radius 3 is 2.61 bits per heavy atom. The lowest BCUT2D eigenvalue weighted by Crippen LogP contribution is -2.27. The molecule has 0 saturated heterocycles. The predicted octanol–water partition coefficient (Wildman–Crippen LogP) is 1.54. The van der Waals surface area contributed by atoms with Crippen LogP contribution in [0.5, 0.6) is 0 Å². The zero-order chi connectivity index (χ0) is 12.8. The van der Waals surface area contributed by atoms with Gasteiger partial charge < -0.3 is 5.32 Å². The van der Waals surface area contributed by atoms with Gasteiger partial charge in [-0.25, -0.2) is 13.4 Å². The van der Waals surface area contributed by atoms with Crippen LogP contribution in [0.3, 0.4) is 0 Å². The number of pyridine rings is 1. The summed E-state index contributed by atoms with van der Waals surface area (Å²) in [7, 11) is -1.68. The largest absolute Gasteiger partial charge is 0.309 e. The van der Waals surface area contributed by atoms with Crippen molar-refractivity contribution < 1.29 is 8.42 Å². The van der Waals surface area contributed by atoms with Gasteiger partial charge in [0.15, 0.2) is 5.03 Å². The van der Waals surface area contributed by atoms with E-state index in [-0.39, 0.29) is 11.1 Å². The molecule has 4 nitrogen and oxygen atoms in total. The summed E-state index contributed by atoms with van der Waals surface area (Å²) in [6.07, 6.45) is 1.51. The van der Waals surface area contributed by atoms with Gasteiger partial charge in [-0.2, -0.15) is 0 Å². The summed E-state index contributed by atoms with van der Waals surface area (Å²) in [5.74, 6) is 0. The number of hydrogen-bond acceptors (Lipinski definition) is 4. The molecule has 1 aromatic carbocycles. The standard InChI is InChI=1S/C13H12N2O2S/c1-14-12-9-5-2-3-7-11(9)18(16,17)13-10(12)6-4-8-15-13/h2-8,12,14H,1H3/t12-/m1/s1. The number of hydrogen-bond donors (Lipinski definition) is 1. The van der Waals surface area contributed by atoms with Crippen LogP contribution in [-0.2, 0) is 9.84 Å². The first-order valence-corrected chi connectivity index (χ1v) is 7.11. The minimum atomic E-state index is -3.50. The Balaban J connectivity index is 2.40. The van der Waals surface area contributed by atoms with Gasteiger partial charge >= 0.3 is 0 Å². The highest BCUT2D eigenvalue weighted by Crippen LogP contribution is 2.38. The van der Waals surface area contributed by atoms with Crippen LogP contribution in [0.4, 0.5) is 0 Å². The third-order valence-corrected chi connectivity index (χ3v) is 4.98. The van der Waals surface area contributed by atoms with Crippen LogP contribution in [0.25, 0.3) is 0 Å². The van der Waals surface area contributed by atoms with E-state index in [9.17, 15) is 8.42 Å². The molecule has 0 fully saturated rings. The number of nitrogens with zero attached hydrogens (tertiary/aromatic N) is 1. The molecule has 1 atom stereocenters. The van der Waals surface area contributed by atoms with E-state index in [0.29, 0.717) is 10.5 Å². The molecule has 1 aliphatic rings. The van der Waals surface area contributed by atoms with Crippen LogP contribution in [0.2, 0.25) is 0 Å². The second-order valence-electron chi connectivity index (χ2n) is 4.16. The fourth-order valence-corrected chi connectivity index (χ4v) is 4.05. The summed E-state index contributed by atoms with van der Waals surface area (Å²) < 4.78 is 24.9. The van der Waals surface area contributed by atoms with Crippen molar-refractivity contribution in [2.45, 2.75) is 16.0 Å². The van der Waals surface area contributed by atoms with E-state index in [1.165, 1.54) is 6.20 Å².